The molecular weight excluding hydrogens is 301 g/mol. The minimum absolute atomic E-state index is 0.254. The van der Waals surface area contributed by atoms with Crippen LogP contribution in [0.3, 0.4) is 0 Å². The smallest absolute Gasteiger partial charge is 0.150 e. The lowest BCUT2D eigenvalue weighted by molar-refractivity contribution is -0.117. The number of Topliss-reactive ketones (excluding diaryl/α,β-unsaturated/α-hetero) is 1. The molecule has 0 amide bonds. The van der Waals surface area contributed by atoms with E-state index in [-0.39, 0.29) is 5.78 Å². The van der Waals surface area contributed by atoms with Crippen molar-refractivity contribution in [2.75, 3.05) is 13.1 Å². The topological polar surface area (TPSA) is 29.1 Å². The molecule has 3 heteroatoms. The van der Waals surface area contributed by atoms with Gasteiger partial charge in [0.25, 0.3) is 0 Å². The minimum atomic E-state index is 0.254. The van der Waals surface area contributed by atoms with Crippen molar-refractivity contribution in [1.29, 1.82) is 0 Å². The van der Waals surface area contributed by atoms with Crippen LogP contribution in [0, 0.1) is 3.57 Å². The Bertz CT molecular complexity index is 308. The van der Waals surface area contributed by atoms with Gasteiger partial charge in [0.1, 0.15) is 0 Å². The summed E-state index contributed by atoms with van der Waals surface area (Å²) in [5.41, 5.74) is 1.10. The molecule has 0 atom stereocenters. The minimum Gasteiger partial charge on any atom is -0.310 e. The standard InChI is InChI=1S/C12H16INO/c1-2-7-14-9-12(15)8-10-3-5-11(13)6-4-10/h3-6,14H,2,7-9H2,1H3. The monoisotopic (exact) mass is 317 g/mol. The van der Waals surface area contributed by atoms with Crippen LogP contribution in [-0.2, 0) is 11.2 Å². The van der Waals surface area contributed by atoms with Crippen LogP contribution in [0.15, 0.2) is 24.3 Å². The summed E-state index contributed by atoms with van der Waals surface area (Å²) >= 11 is 2.26. The van der Waals surface area contributed by atoms with Gasteiger partial charge in [0, 0.05) is 9.99 Å². The van der Waals surface area contributed by atoms with Crippen molar-refractivity contribution in [3.63, 3.8) is 0 Å². The Labute approximate surface area is 105 Å². The van der Waals surface area contributed by atoms with Gasteiger partial charge in [-0.05, 0) is 53.3 Å². The van der Waals surface area contributed by atoms with E-state index in [4.69, 9.17) is 0 Å². The lowest BCUT2D eigenvalue weighted by Crippen LogP contribution is -2.24. The van der Waals surface area contributed by atoms with Crippen molar-refractivity contribution in [2.45, 2.75) is 19.8 Å². The zero-order chi connectivity index (χ0) is 11.1. The van der Waals surface area contributed by atoms with Crippen LogP contribution in [0.25, 0.3) is 0 Å². The van der Waals surface area contributed by atoms with E-state index in [0.29, 0.717) is 13.0 Å². The molecule has 0 saturated heterocycles. The van der Waals surface area contributed by atoms with E-state index in [1.54, 1.807) is 0 Å². The third-order valence-electron chi connectivity index (χ3n) is 2.06. The molecule has 0 radical (unpaired) electrons. The third kappa shape index (κ3) is 5.28. The van der Waals surface area contributed by atoms with Crippen LogP contribution < -0.4 is 5.32 Å². The quantitative estimate of drug-likeness (QED) is 0.645. The first kappa shape index (κ1) is 12.6. The maximum absolute atomic E-state index is 11.5. The van der Waals surface area contributed by atoms with E-state index in [1.165, 1.54) is 3.57 Å². The molecule has 0 bridgehead atoms. The number of benzene rings is 1. The van der Waals surface area contributed by atoms with Gasteiger partial charge in [0.2, 0.25) is 0 Å². The Morgan fingerprint density at radius 3 is 2.60 bits per heavy atom. The van der Waals surface area contributed by atoms with Gasteiger partial charge in [-0.3, -0.25) is 4.79 Å². The molecule has 2 nitrogen and oxygen atoms in total. The fraction of sp³-hybridized carbons (Fsp3) is 0.417. The molecule has 0 spiro atoms. The molecule has 1 N–H and O–H groups in total. The van der Waals surface area contributed by atoms with Crippen molar-refractivity contribution in [3.05, 3.63) is 33.4 Å². The summed E-state index contributed by atoms with van der Waals surface area (Å²) in [4.78, 5) is 11.5. The van der Waals surface area contributed by atoms with Gasteiger partial charge >= 0.3 is 0 Å². The summed E-state index contributed by atoms with van der Waals surface area (Å²) in [5, 5.41) is 3.12. The van der Waals surface area contributed by atoms with E-state index in [2.05, 4.69) is 34.8 Å². The van der Waals surface area contributed by atoms with Crippen molar-refractivity contribution in [2.24, 2.45) is 0 Å². The Balaban J connectivity index is 2.34. The number of hydrogen-bond donors (Lipinski definition) is 1. The van der Waals surface area contributed by atoms with Gasteiger partial charge in [-0.15, -0.1) is 0 Å². The van der Waals surface area contributed by atoms with Gasteiger partial charge < -0.3 is 5.32 Å². The van der Waals surface area contributed by atoms with E-state index in [0.717, 1.165) is 18.5 Å². The molecule has 0 saturated carbocycles. The van der Waals surface area contributed by atoms with Crippen LogP contribution >= 0.6 is 22.6 Å². The second-order valence-corrected chi connectivity index (χ2v) is 4.76. The Hall–Kier alpha value is -0.420. The zero-order valence-electron chi connectivity index (χ0n) is 8.92. The fourth-order valence-electron chi connectivity index (χ4n) is 1.30. The highest BCUT2D eigenvalue weighted by Crippen LogP contribution is 2.07. The Morgan fingerprint density at radius 2 is 2.00 bits per heavy atom. The molecule has 0 unspecified atom stereocenters. The number of hydrogen-bond acceptors (Lipinski definition) is 2. The normalized spacial score (nSPS) is 10.3. The first-order valence-corrected chi connectivity index (χ1v) is 6.27. The van der Waals surface area contributed by atoms with Crippen LogP contribution in [0.1, 0.15) is 18.9 Å². The van der Waals surface area contributed by atoms with E-state index >= 15 is 0 Å². The molecule has 15 heavy (non-hydrogen) atoms. The second kappa shape index (κ2) is 6.95. The van der Waals surface area contributed by atoms with Crippen LogP contribution in [0.2, 0.25) is 0 Å². The summed E-state index contributed by atoms with van der Waals surface area (Å²) in [7, 11) is 0. The molecule has 0 aromatic heterocycles. The predicted octanol–water partition coefficient (Wildman–Crippen LogP) is 2.40. The average molecular weight is 317 g/mol. The van der Waals surface area contributed by atoms with E-state index in [9.17, 15) is 4.79 Å². The van der Waals surface area contributed by atoms with Gasteiger partial charge in [0.05, 0.1) is 6.54 Å². The SMILES string of the molecule is CCCNCC(=O)Cc1ccc(I)cc1. The highest BCUT2D eigenvalue weighted by atomic mass is 127. The van der Waals surface area contributed by atoms with Gasteiger partial charge in [0.15, 0.2) is 5.78 Å². The number of halogens is 1. The first-order valence-electron chi connectivity index (χ1n) is 5.19. The fourth-order valence-corrected chi connectivity index (χ4v) is 1.66. The van der Waals surface area contributed by atoms with Crippen molar-refractivity contribution < 1.29 is 4.79 Å². The summed E-state index contributed by atoms with van der Waals surface area (Å²) in [6.45, 7) is 3.49. The molecular formula is C12H16INO. The molecule has 1 rings (SSSR count). The molecule has 0 heterocycles. The van der Waals surface area contributed by atoms with Gasteiger partial charge in [-0.1, -0.05) is 19.1 Å². The van der Waals surface area contributed by atoms with Crippen molar-refractivity contribution in [1.82, 2.24) is 5.32 Å². The Morgan fingerprint density at radius 1 is 1.33 bits per heavy atom. The summed E-state index contributed by atoms with van der Waals surface area (Å²) in [6, 6.07) is 8.09. The largest absolute Gasteiger partial charge is 0.310 e. The lowest BCUT2D eigenvalue weighted by atomic mass is 10.1. The van der Waals surface area contributed by atoms with E-state index < -0.39 is 0 Å². The maximum atomic E-state index is 11.5. The number of carbonyl (C=O) groups is 1. The number of carbonyl (C=O) groups excluding carboxylic acids is 1. The summed E-state index contributed by atoms with van der Waals surface area (Å²) in [6.07, 6.45) is 1.60. The van der Waals surface area contributed by atoms with Crippen LogP contribution in [-0.4, -0.2) is 18.9 Å². The number of ketones is 1. The van der Waals surface area contributed by atoms with Crippen LogP contribution in [0.5, 0.6) is 0 Å². The summed E-state index contributed by atoms with van der Waals surface area (Å²) < 4.78 is 1.20. The first-order chi connectivity index (χ1) is 7.22. The molecule has 1 aromatic rings. The number of rotatable bonds is 6. The second-order valence-electron chi connectivity index (χ2n) is 3.52. The molecule has 82 valence electrons. The highest BCUT2D eigenvalue weighted by molar-refractivity contribution is 14.1. The summed E-state index contributed by atoms with van der Waals surface area (Å²) in [5.74, 6) is 0.254. The molecule has 1 aromatic carbocycles. The van der Waals surface area contributed by atoms with Gasteiger partial charge in [-0.25, -0.2) is 0 Å². The number of nitrogens with one attached hydrogen (secondary N) is 1. The zero-order valence-corrected chi connectivity index (χ0v) is 11.1. The van der Waals surface area contributed by atoms with Gasteiger partial charge in [-0.2, -0.15) is 0 Å². The van der Waals surface area contributed by atoms with Crippen LogP contribution in [0.4, 0.5) is 0 Å². The predicted molar refractivity (Wildman–Crippen MR) is 71.0 cm³/mol. The molecule has 0 aliphatic rings. The molecule has 0 aliphatic heterocycles. The van der Waals surface area contributed by atoms with Crippen molar-refractivity contribution >= 4 is 28.4 Å². The lowest BCUT2D eigenvalue weighted by Gasteiger charge is -2.02. The molecule has 0 aliphatic carbocycles. The third-order valence-corrected chi connectivity index (χ3v) is 2.78. The molecule has 0 fully saturated rings. The van der Waals surface area contributed by atoms with Crippen molar-refractivity contribution in [3.8, 4) is 0 Å². The average Bonchev–Trinajstić information content (AvgIpc) is 2.22. The Kier molecular flexibility index (Phi) is 5.86. The maximum Gasteiger partial charge on any atom is 0.150 e. The highest BCUT2D eigenvalue weighted by Gasteiger charge is 2.02. The van der Waals surface area contributed by atoms with E-state index in [1.807, 2.05) is 24.3 Å².